The molecule has 1 N–H and O–H groups in total. The fourth-order valence-corrected chi connectivity index (χ4v) is 2.12. The van der Waals surface area contributed by atoms with Gasteiger partial charge >= 0.3 is 5.97 Å². The molecule has 2 aromatic rings. The first-order chi connectivity index (χ1) is 10.6. The van der Waals surface area contributed by atoms with Crippen molar-refractivity contribution in [3.63, 3.8) is 0 Å². The number of hydrogen-bond donors (Lipinski definition) is 1. The minimum Gasteiger partial charge on any atom is -0.490 e. The zero-order valence-corrected chi connectivity index (χ0v) is 11.2. The first-order valence-electron chi connectivity index (χ1n) is 6.48. The molecule has 3 rings (SSSR count). The summed E-state index contributed by atoms with van der Waals surface area (Å²) in [5.41, 5.74) is -0.668. The van der Waals surface area contributed by atoms with E-state index < -0.39 is 12.4 Å². The van der Waals surface area contributed by atoms with Crippen molar-refractivity contribution in [1.82, 2.24) is 5.16 Å². The maximum atomic E-state index is 13.3. The van der Waals surface area contributed by atoms with E-state index >= 15 is 0 Å². The lowest BCUT2D eigenvalue weighted by atomic mass is 10.0. The monoisotopic (exact) mass is 311 g/mol. The Morgan fingerprint density at radius 1 is 1.18 bits per heavy atom. The molecule has 1 aliphatic rings. The smallest absolute Gasteiger partial charge is 0.358 e. The summed E-state index contributed by atoms with van der Waals surface area (Å²) in [4.78, 5) is 10.8. The second-order valence-corrected chi connectivity index (χ2v) is 4.62. The highest BCUT2D eigenvalue weighted by Gasteiger charge is 2.24. The molecule has 6 nitrogen and oxygen atoms in total. The van der Waals surface area contributed by atoms with E-state index in [1.165, 1.54) is 12.1 Å². The number of aromatic nitrogens is 1. The van der Waals surface area contributed by atoms with Crippen LogP contribution in [0.4, 0.5) is 8.78 Å². The molecule has 1 aliphatic heterocycles. The van der Waals surface area contributed by atoms with E-state index in [9.17, 15) is 13.6 Å². The lowest BCUT2D eigenvalue weighted by Gasteiger charge is -2.12. The normalized spacial score (nSPS) is 14.0. The molecule has 0 bridgehead atoms. The topological polar surface area (TPSA) is 81.8 Å². The number of carboxylic acid groups (broad SMARTS) is 1. The number of benzene rings is 1. The van der Waals surface area contributed by atoms with Crippen LogP contribution in [0.25, 0.3) is 11.3 Å². The number of halogens is 2. The molecule has 116 valence electrons. The van der Waals surface area contributed by atoms with E-state index in [1.807, 2.05) is 0 Å². The van der Waals surface area contributed by atoms with Crippen molar-refractivity contribution >= 4 is 5.97 Å². The van der Waals surface area contributed by atoms with Gasteiger partial charge in [0.2, 0.25) is 0 Å². The zero-order chi connectivity index (χ0) is 15.7. The average Bonchev–Trinajstić information content (AvgIpc) is 2.86. The SMILES string of the molecule is O=C(O)c1cc(-c2cc3c(cc2C(F)F)OCCCO3)on1. The number of rotatable bonds is 3. The third-order valence-corrected chi connectivity index (χ3v) is 3.15. The molecule has 1 aromatic heterocycles. The van der Waals surface area contributed by atoms with Crippen molar-refractivity contribution in [1.29, 1.82) is 0 Å². The second-order valence-electron chi connectivity index (χ2n) is 4.62. The highest BCUT2D eigenvalue weighted by atomic mass is 19.3. The fourth-order valence-electron chi connectivity index (χ4n) is 2.12. The Bertz CT molecular complexity index is 713. The van der Waals surface area contributed by atoms with E-state index in [0.717, 1.165) is 6.07 Å². The van der Waals surface area contributed by atoms with Crippen LogP contribution in [0.5, 0.6) is 11.5 Å². The fraction of sp³-hybridized carbons (Fsp3) is 0.286. The largest absolute Gasteiger partial charge is 0.490 e. The molecule has 8 heteroatoms. The lowest BCUT2D eigenvalue weighted by molar-refractivity contribution is 0.0685. The summed E-state index contributed by atoms with van der Waals surface area (Å²) in [5, 5.41) is 12.2. The Morgan fingerprint density at radius 3 is 2.45 bits per heavy atom. The van der Waals surface area contributed by atoms with E-state index in [0.29, 0.717) is 25.4 Å². The number of carboxylic acids is 1. The van der Waals surface area contributed by atoms with Gasteiger partial charge in [-0.2, -0.15) is 0 Å². The molecule has 0 fully saturated rings. The number of fused-ring (bicyclic) bond motifs is 1. The number of carbonyl (C=O) groups is 1. The van der Waals surface area contributed by atoms with Gasteiger partial charge < -0.3 is 19.1 Å². The van der Waals surface area contributed by atoms with Crippen molar-refractivity contribution in [3.8, 4) is 22.8 Å². The summed E-state index contributed by atoms with van der Waals surface area (Å²) in [7, 11) is 0. The standard InChI is InChI=1S/C14H11F2NO5/c15-13(16)8-5-12-11(20-2-1-3-21-12)4-7(8)10-6-9(14(18)19)17-22-10/h4-6,13H,1-3H2,(H,18,19). The Hall–Kier alpha value is -2.64. The Kier molecular flexibility index (Phi) is 3.66. The van der Waals surface area contributed by atoms with Crippen LogP contribution in [-0.2, 0) is 0 Å². The minimum absolute atomic E-state index is 0.0271. The van der Waals surface area contributed by atoms with Crippen LogP contribution in [0.1, 0.15) is 28.9 Å². The van der Waals surface area contributed by atoms with Crippen LogP contribution in [0.2, 0.25) is 0 Å². The van der Waals surface area contributed by atoms with Crippen molar-refractivity contribution < 1.29 is 32.7 Å². The van der Waals surface area contributed by atoms with Crippen molar-refractivity contribution in [2.45, 2.75) is 12.8 Å². The number of alkyl halides is 2. The van der Waals surface area contributed by atoms with Gasteiger partial charge in [-0.3, -0.25) is 0 Å². The van der Waals surface area contributed by atoms with Crippen LogP contribution in [0.15, 0.2) is 22.7 Å². The first kappa shape index (κ1) is 14.3. The first-order valence-corrected chi connectivity index (χ1v) is 6.48. The van der Waals surface area contributed by atoms with Gasteiger partial charge in [-0.1, -0.05) is 5.16 Å². The molecule has 22 heavy (non-hydrogen) atoms. The summed E-state index contributed by atoms with van der Waals surface area (Å²) < 4.78 is 42.2. The van der Waals surface area contributed by atoms with Gasteiger partial charge in [0.1, 0.15) is 0 Å². The van der Waals surface area contributed by atoms with E-state index in [4.69, 9.17) is 19.1 Å². The molecule has 0 spiro atoms. The molecular weight excluding hydrogens is 300 g/mol. The lowest BCUT2D eigenvalue weighted by Crippen LogP contribution is -1.97. The Morgan fingerprint density at radius 2 is 1.86 bits per heavy atom. The summed E-state index contributed by atoms with van der Waals surface area (Å²) >= 11 is 0. The molecule has 0 saturated carbocycles. The summed E-state index contributed by atoms with van der Waals surface area (Å²) in [6.45, 7) is 0.776. The summed E-state index contributed by atoms with van der Waals surface area (Å²) in [5.74, 6) is -0.828. The van der Waals surface area contributed by atoms with Crippen LogP contribution < -0.4 is 9.47 Å². The van der Waals surface area contributed by atoms with E-state index in [-0.39, 0.29) is 28.3 Å². The number of aromatic carboxylic acids is 1. The molecule has 0 amide bonds. The van der Waals surface area contributed by atoms with Crippen LogP contribution in [-0.4, -0.2) is 29.4 Å². The quantitative estimate of drug-likeness (QED) is 0.937. The van der Waals surface area contributed by atoms with Crippen molar-refractivity contribution in [3.05, 3.63) is 29.5 Å². The number of ether oxygens (including phenoxy) is 2. The van der Waals surface area contributed by atoms with Gasteiger partial charge in [-0.15, -0.1) is 0 Å². The van der Waals surface area contributed by atoms with Gasteiger partial charge in [0, 0.05) is 23.6 Å². The molecule has 0 atom stereocenters. The minimum atomic E-state index is -2.79. The Labute approximate surface area is 123 Å². The molecule has 0 unspecified atom stereocenters. The Balaban J connectivity index is 2.11. The molecule has 1 aromatic carbocycles. The summed E-state index contributed by atoms with van der Waals surface area (Å²) in [6.07, 6.45) is -2.15. The van der Waals surface area contributed by atoms with E-state index in [1.54, 1.807) is 0 Å². The van der Waals surface area contributed by atoms with Gasteiger partial charge in [0.25, 0.3) is 6.43 Å². The van der Waals surface area contributed by atoms with Gasteiger partial charge in [-0.25, -0.2) is 13.6 Å². The zero-order valence-electron chi connectivity index (χ0n) is 11.2. The predicted molar refractivity (Wildman–Crippen MR) is 69.5 cm³/mol. The van der Waals surface area contributed by atoms with Crippen molar-refractivity contribution in [2.24, 2.45) is 0 Å². The number of nitrogens with zero attached hydrogens (tertiary/aromatic N) is 1. The highest BCUT2D eigenvalue weighted by molar-refractivity contribution is 5.86. The van der Waals surface area contributed by atoms with Crippen molar-refractivity contribution in [2.75, 3.05) is 13.2 Å². The summed E-state index contributed by atoms with van der Waals surface area (Å²) in [6, 6.07) is 3.63. The van der Waals surface area contributed by atoms with Crippen LogP contribution in [0.3, 0.4) is 0 Å². The van der Waals surface area contributed by atoms with E-state index in [2.05, 4.69) is 5.16 Å². The molecule has 0 radical (unpaired) electrons. The third-order valence-electron chi connectivity index (χ3n) is 3.15. The molecule has 0 saturated heterocycles. The highest BCUT2D eigenvalue weighted by Crippen LogP contribution is 2.41. The maximum Gasteiger partial charge on any atom is 0.358 e. The second kappa shape index (κ2) is 5.63. The predicted octanol–water partition coefficient (Wildman–Crippen LogP) is 3.14. The maximum absolute atomic E-state index is 13.3. The van der Waals surface area contributed by atoms with Crippen LogP contribution >= 0.6 is 0 Å². The molecule has 2 heterocycles. The number of hydrogen-bond acceptors (Lipinski definition) is 5. The molecular formula is C14H11F2NO5. The average molecular weight is 311 g/mol. The molecule has 0 aliphatic carbocycles. The van der Waals surface area contributed by atoms with Gasteiger partial charge in [-0.05, 0) is 12.1 Å². The van der Waals surface area contributed by atoms with Gasteiger partial charge in [0.15, 0.2) is 23.0 Å². The van der Waals surface area contributed by atoms with Crippen LogP contribution in [0, 0.1) is 0 Å². The third kappa shape index (κ3) is 2.59. The van der Waals surface area contributed by atoms with Gasteiger partial charge in [0.05, 0.1) is 13.2 Å².